The van der Waals surface area contributed by atoms with Gasteiger partial charge in [0.15, 0.2) is 5.44 Å². The highest BCUT2D eigenvalue weighted by molar-refractivity contribution is 8.22. The topological polar surface area (TPSA) is 18.5 Å². The molecule has 16 heavy (non-hydrogen) atoms. The molecule has 0 radical (unpaired) electrons. The van der Waals surface area contributed by atoms with Crippen LogP contribution in [0.5, 0.6) is 0 Å². The summed E-state index contributed by atoms with van der Waals surface area (Å²) in [5.41, 5.74) is 0.231. The van der Waals surface area contributed by atoms with Crippen LogP contribution >= 0.6 is 24.0 Å². The van der Waals surface area contributed by atoms with Gasteiger partial charge in [-0.15, -0.1) is 0 Å². The van der Waals surface area contributed by atoms with E-state index in [-0.39, 0.29) is 10.9 Å². The second-order valence-corrected chi connectivity index (χ2v) is 6.02. The molecule has 0 aromatic carbocycles. The van der Waals surface area contributed by atoms with Crippen LogP contribution in [-0.2, 0) is 9.47 Å². The molecule has 0 bridgehead atoms. The highest BCUT2D eigenvalue weighted by Crippen LogP contribution is 2.32. The molecule has 0 aliphatic heterocycles. The first-order chi connectivity index (χ1) is 7.45. The minimum Gasteiger partial charge on any atom is -0.488 e. The van der Waals surface area contributed by atoms with E-state index in [1.165, 1.54) is 18.0 Å². The van der Waals surface area contributed by atoms with Crippen LogP contribution in [0.2, 0.25) is 0 Å². The summed E-state index contributed by atoms with van der Waals surface area (Å²) in [5.74, 6) is 0. The summed E-state index contributed by atoms with van der Waals surface area (Å²) >= 11 is 6.55. The minimum absolute atomic E-state index is 0.00787. The van der Waals surface area contributed by atoms with E-state index in [9.17, 15) is 0 Å². The average molecular weight is 262 g/mol. The first-order valence-corrected chi connectivity index (χ1v) is 6.83. The van der Waals surface area contributed by atoms with Gasteiger partial charge < -0.3 is 9.47 Å². The summed E-state index contributed by atoms with van der Waals surface area (Å²) in [6.07, 6.45) is 3.50. The molecule has 0 aliphatic carbocycles. The smallest absolute Gasteiger partial charge is 0.223 e. The van der Waals surface area contributed by atoms with Gasteiger partial charge in [0, 0.05) is 0 Å². The third-order valence-corrected chi connectivity index (χ3v) is 3.67. The lowest BCUT2D eigenvalue weighted by Crippen LogP contribution is -2.20. The van der Waals surface area contributed by atoms with Crippen LogP contribution in [0.1, 0.15) is 40.5 Å². The number of thioether (sulfide) groups is 1. The summed E-state index contributed by atoms with van der Waals surface area (Å²) in [4.78, 5) is 0. The SMILES string of the molecule is C=COC(CC(C)(C)CC)SC(=S)OCC. The molecule has 4 heteroatoms. The maximum Gasteiger partial charge on any atom is 0.223 e. The van der Waals surface area contributed by atoms with Crippen molar-refractivity contribution in [1.29, 1.82) is 0 Å². The van der Waals surface area contributed by atoms with Gasteiger partial charge in [-0.2, -0.15) is 0 Å². The number of ether oxygens (including phenoxy) is 2. The van der Waals surface area contributed by atoms with Gasteiger partial charge in [-0.3, -0.25) is 0 Å². The molecule has 0 heterocycles. The normalized spacial score (nSPS) is 13.0. The fraction of sp³-hybridized carbons (Fsp3) is 0.750. The quantitative estimate of drug-likeness (QED) is 0.385. The van der Waals surface area contributed by atoms with Crippen LogP contribution in [0.25, 0.3) is 0 Å². The number of hydrogen-bond acceptors (Lipinski definition) is 4. The van der Waals surface area contributed by atoms with Crippen molar-refractivity contribution in [3.63, 3.8) is 0 Å². The Morgan fingerprint density at radius 2 is 2.12 bits per heavy atom. The van der Waals surface area contributed by atoms with Crippen LogP contribution in [0.15, 0.2) is 12.8 Å². The van der Waals surface area contributed by atoms with Gasteiger partial charge >= 0.3 is 0 Å². The summed E-state index contributed by atoms with van der Waals surface area (Å²) in [6.45, 7) is 12.7. The average Bonchev–Trinajstić information content (AvgIpc) is 2.17. The molecular formula is C12H22O2S2. The Morgan fingerprint density at radius 1 is 1.50 bits per heavy atom. The van der Waals surface area contributed by atoms with Gasteiger partial charge in [0.1, 0.15) is 0 Å². The second-order valence-electron chi connectivity index (χ2n) is 4.26. The molecule has 0 spiro atoms. The second kappa shape index (κ2) is 7.96. The Bertz CT molecular complexity index is 227. The third-order valence-electron chi connectivity index (χ3n) is 2.41. The summed E-state index contributed by atoms with van der Waals surface area (Å²) < 4.78 is 11.2. The fourth-order valence-corrected chi connectivity index (χ4v) is 2.59. The van der Waals surface area contributed by atoms with Gasteiger partial charge in [0.2, 0.25) is 4.38 Å². The molecule has 2 nitrogen and oxygen atoms in total. The maximum absolute atomic E-state index is 5.46. The van der Waals surface area contributed by atoms with Crippen molar-refractivity contribution in [2.45, 2.75) is 46.0 Å². The van der Waals surface area contributed by atoms with Crippen molar-refractivity contribution in [1.82, 2.24) is 0 Å². The molecule has 0 saturated heterocycles. The van der Waals surface area contributed by atoms with E-state index in [1.807, 2.05) is 6.92 Å². The van der Waals surface area contributed by atoms with Crippen LogP contribution in [0, 0.1) is 5.41 Å². The Labute approximate surface area is 109 Å². The minimum atomic E-state index is -0.00787. The molecular weight excluding hydrogens is 240 g/mol. The Balaban J connectivity index is 4.26. The van der Waals surface area contributed by atoms with E-state index < -0.39 is 0 Å². The van der Waals surface area contributed by atoms with Gasteiger partial charge in [0.25, 0.3) is 0 Å². The summed E-state index contributed by atoms with van der Waals surface area (Å²) in [5, 5.41) is 0. The third kappa shape index (κ3) is 7.12. The summed E-state index contributed by atoms with van der Waals surface area (Å²) in [7, 11) is 0. The predicted octanol–water partition coefficient (Wildman–Crippen LogP) is 4.35. The lowest BCUT2D eigenvalue weighted by Gasteiger charge is -2.27. The monoisotopic (exact) mass is 262 g/mol. The van der Waals surface area contributed by atoms with Gasteiger partial charge in [-0.1, -0.05) is 33.8 Å². The molecule has 0 rings (SSSR count). The molecule has 0 amide bonds. The summed E-state index contributed by atoms with van der Waals surface area (Å²) in [6, 6.07) is 0. The molecule has 0 saturated carbocycles. The fourth-order valence-electron chi connectivity index (χ4n) is 1.08. The van der Waals surface area contributed by atoms with E-state index in [0.29, 0.717) is 11.0 Å². The molecule has 1 atom stereocenters. The standard InChI is InChI=1S/C12H22O2S2/c1-6-12(4,5)9-10(13-7-2)16-11(15)14-8-3/h7,10H,2,6,8-9H2,1,3-5H3. The Kier molecular flexibility index (Phi) is 7.85. The maximum atomic E-state index is 5.46. The lowest BCUT2D eigenvalue weighted by molar-refractivity contribution is 0.158. The van der Waals surface area contributed by atoms with Crippen LogP contribution in [0.3, 0.4) is 0 Å². The molecule has 1 unspecified atom stereocenters. The Morgan fingerprint density at radius 3 is 2.56 bits per heavy atom. The molecule has 0 aromatic rings. The number of rotatable bonds is 7. The first-order valence-electron chi connectivity index (χ1n) is 5.55. The van der Waals surface area contributed by atoms with Crippen molar-refractivity contribution in [3.8, 4) is 0 Å². The van der Waals surface area contributed by atoms with Gasteiger partial charge in [0.05, 0.1) is 12.9 Å². The van der Waals surface area contributed by atoms with Crippen molar-refractivity contribution < 1.29 is 9.47 Å². The van der Waals surface area contributed by atoms with E-state index in [0.717, 1.165) is 12.8 Å². The van der Waals surface area contributed by atoms with Crippen LogP contribution < -0.4 is 0 Å². The number of thiocarbonyl (C=S) groups is 1. The van der Waals surface area contributed by atoms with Crippen molar-refractivity contribution in [3.05, 3.63) is 12.8 Å². The molecule has 0 N–H and O–H groups in total. The largest absolute Gasteiger partial charge is 0.488 e. The molecule has 0 fully saturated rings. The highest BCUT2D eigenvalue weighted by atomic mass is 32.2. The zero-order chi connectivity index (χ0) is 12.6. The van der Waals surface area contributed by atoms with Crippen molar-refractivity contribution in [2.75, 3.05) is 6.61 Å². The zero-order valence-corrected chi connectivity index (χ0v) is 12.2. The van der Waals surface area contributed by atoms with Crippen molar-refractivity contribution >= 4 is 28.4 Å². The van der Waals surface area contributed by atoms with E-state index >= 15 is 0 Å². The van der Waals surface area contributed by atoms with Crippen LogP contribution in [0.4, 0.5) is 0 Å². The predicted molar refractivity (Wildman–Crippen MR) is 75.6 cm³/mol. The van der Waals surface area contributed by atoms with Crippen molar-refractivity contribution in [2.24, 2.45) is 5.41 Å². The molecule has 94 valence electrons. The first kappa shape index (κ1) is 15.8. The van der Waals surface area contributed by atoms with E-state index in [2.05, 4.69) is 27.4 Å². The highest BCUT2D eigenvalue weighted by Gasteiger charge is 2.24. The zero-order valence-electron chi connectivity index (χ0n) is 10.6. The van der Waals surface area contributed by atoms with Gasteiger partial charge in [-0.25, -0.2) is 0 Å². The molecule has 0 aromatic heterocycles. The van der Waals surface area contributed by atoms with Gasteiger partial charge in [-0.05, 0) is 42.7 Å². The molecule has 0 aliphatic rings. The van der Waals surface area contributed by atoms with Crippen LogP contribution in [-0.4, -0.2) is 16.4 Å². The van der Waals surface area contributed by atoms with E-state index in [1.54, 1.807) is 0 Å². The van der Waals surface area contributed by atoms with E-state index in [4.69, 9.17) is 21.7 Å². The number of hydrogen-bond donors (Lipinski definition) is 0. The Hall–Kier alpha value is -0.220. The lowest BCUT2D eigenvalue weighted by atomic mass is 9.87.